The molecule has 0 amide bonds. The lowest BCUT2D eigenvalue weighted by atomic mass is 9.92. The lowest BCUT2D eigenvalue weighted by Gasteiger charge is -2.13. The van der Waals surface area contributed by atoms with Crippen molar-refractivity contribution < 1.29 is 4.57 Å². The van der Waals surface area contributed by atoms with Gasteiger partial charge in [0.05, 0.1) is 5.39 Å². The maximum Gasteiger partial charge on any atom is 0.213 e. The SMILES string of the molecule is Cc1cc(C)c(C)c(-c2cc3c4c(cccc4[n+]2C)C(C)C3C)c1. The third kappa shape index (κ3) is 1.97. The number of aromatic nitrogens is 1. The number of nitrogens with zero attached hydrogens (tertiary/aromatic N) is 1. The summed E-state index contributed by atoms with van der Waals surface area (Å²) >= 11 is 0. The Morgan fingerprint density at radius 3 is 2.33 bits per heavy atom. The standard InChI is InChI=1S/C23H26N/c1-13-10-14(2)15(3)19(11-13)22-12-20-17(5)16(4)18-8-7-9-21(23(18)20)24(22)6/h7-12,16-17H,1-6H3/q+1. The summed E-state index contributed by atoms with van der Waals surface area (Å²) in [5, 5.41) is 1.48. The summed E-state index contributed by atoms with van der Waals surface area (Å²) in [6.45, 7) is 11.4. The Hall–Kier alpha value is -2.15. The Morgan fingerprint density at radius 1 is 0.875 bits per heavy atom. The normalized spacial score (nSPS) is 19.2. The Bertz CT molecular complexity index is 981. The lowest BCUT2D eigenvalue weighted by Crippen LogP contribution is -2.32. The number of pyridine rings is 1. The van der Waals surface area contributed by atoms with E-state index >= 15 is 0 Å². The molecule has 1 aromatic heterocycles. The molecule has 24 heavy (non-hydrogen) atoms. The number of aryl methyl sites for hydroxylation is 3. The van der Waals surface area contributed by atoms with Gasteiger partial charge in [0.25, 0.3) is 0 Å². The second kappa shape index (κ2) is 5.17. The molecule has 3 aromatic rings. The molecule has 0 fully saturated rings. The summed E-state index contributed by atoms with van der Waals surface area (Å²) < 4.78 is 2.38. The Balaban J connectivity index is 2.10. The molecule has 2 atom stereocenters. The van der Waals surface area contributed by atoms with E-state index in [1.165, 1.54) is 50.0 Å². The first-order valence-corrected chi connectivity index (χ1v) is 8.94. The van der Waals surface area contributed by atoms with Gasteiger partial charge >= 0.3 is 0 Å². The van der Waals surface area contributed by atoms with E-state index in [-0.39, 0.29) is 0 Å². The highest BCUT2D eigenvalue weighted by Crippen LogP contribution is 2.46. The van der Waals surface area contributed by atoms with E-state index in [2.05, 4.69) is 82.6 Å². The molecule has 0 aliphatic heterocycles. The van der Waals surface area contributed by atoms with Gasteiger partial charge in [-0.15, -0.1) is 0 Å². The summed E-state index contributed by atoms with van der Waals surface area (Å²) in [4.78, 5) is 0. The van der Waals surface area contributed by atoms with Crippen LogP contribution in [0.2, 0.25) is 0 Å². The number of benzene rings is 2. The zero-order valence-corrected chi connectivity index (χ0v) is 15.6. The molecule has 4 rings (SSSR count). The van der Waals surface area contributed by atoms with Crippen molar-refractivity contribution in [1.82, 2.24) is 0 Å². The molecule has 0 N–H and O–H groups in total. The highest BCUT2D eigenvalue weighted by atomic mass is 14.9. The van der Waals surface area contributed by atoms with Crippen molar-refractivity contribution in [2.75, 3.05) is 0 Å². The van der Waals surface area contributed by atoms with Crippen LogP contribution in [0.4, 0.5) is 0 Å². The number of hydrogen-bond acceptors (Lipinski definition) is 0. The zero-order chi connectivity index (χ0) is 17.2. The van der Waals surface area contributed by atoms with Crippen molar-refractivity contribution in [1.29, 1.82) is 0 Å². The third-order valence-electron chi connectivity index (χ3n) is 6.20. The minimum atomic E-state index is 0.580. The summed E-state index contributed by atoms with van der Waals surface area (Å²) in [5.41, 5.74) is 11.2. The van der Waals surface area contributed by atoms with Crippen LogP contribution in [-0.4, -0.2) is 0 Å². The van der Waals surface area contributed by atoms with E-state index in [0.29, 0.717) is 11.8 Å². The number of rotatable bonds is 1. The second-order valence-corrected chi connectivity index (χ2v) is 7.62. The molecule has 1 heterocycles. The summed E-state index contributed by atoms with van der Waals surface area (Å²) in [7, 11) is 2.21. The van der Waals surface area contributed by atoms with Gasteiger partial charge in [0, 0.05) is 17.7 Å². The predicted molar refractivity (Wildman–Crippen MR) is 102 cm³/mol. The van der Waals surface area contributed by atoms with Gasteiger partial charge in [-0.3, -0.25) is 0 Å². The molecular weight excluding hydrogens is 290 g/mol. The molecule has 0 spiro atoms. The molecule has 0 radical (unpaired) electrons. The molecule has 1 nitrogen and oxygen atoms in total. The second-order valence-electron chi connectivity index (χ2n) is 7.62. The van der Waals surface area contributed by atoms with E-state index < -0.39 is 0 Å². The summed E-state index contributed by atoms with van der Waals surface area (Å²) in [6, 6.07) is 13.9. The largest absolute Gasteiger partial charge is 0.213 e. The van der Waals surface area contributed by atoms with Crippen molar-refractivity contribution >= 4 is 10.9 Å². The summed E-state index contributed by atoms with van der Waals surface area (Å²) in [6.07, 6.45) is 0. The highest BCUT2D eigenvalue weighted by Gasteiger charge is 2.33. The van der Waals surface area contributed by atoms with Gasteiger partial charge in [0.1, 0.15) is 7.05 Å². The van der Waals surface area contributed by atoms with Gasteiger partial charge in [-0.05, 0) is 60.9 Å². The van der Waals surface area contributed by atoms with Gasteiger partial charge in [-0.25, -0.2) is 0 Å². The van der Waals surface area contributed by atoms with Crippen molar-refractivity contribution in [3.05, 3.63) is 64.2 Å². The van der Waals surface area contributed by atoms with E-state index in [0.717, 1.165) is 0 Å². The predicted octanol–water partition coefficient (Wildman–Crippen LogP) is 5.48. The quantitative estimate of drug-likeness (QED) is 0.524. The average Bonchev–Trinajstić information content (AvgIpc) is 2.80. The molecule has 122 valence electrons. The third-order valence-corrected chi connectivity index (χ3v) is 6.20. The van der Waals surface area contributed by atoms with Gasteiger partial charge < -0.3 is 0 Å². The van der Waals surface area contributed by atoms with Crippen LogP contribution in [0.25, 0.3) is 22.2 Å². The monoisotopic (exact) mass is 316 g/mol. The van der Waals surface area contributed by atoms with Crippen LogP contribution in [-0.2, 0) is 7.05 Å². The first-order chi connectivity index (χ1) is 11.4. The van der Waals surface area contributed by atoms with E-state index in [9.17, 15) is 0 Å². The van der Waals surface area contributed by atoms with Crippen LogP contribution < -0.4 is 4.57 Å². The molecule has 1 heteroatoms. The smallest absolute Gasteiger partial charge is 0.194 e. The zero-order valence-electron chi connectivity index (χ0n) is 15.6. The fraction of sp³-hybridized carbons (Fsp3) is 0.348. The molecule has 0 saturated carbocycles. The topological polar surface area (TPSA) is 3.88 Å². The Kier molecular flexibility index (Phi) is 3.32. The summed E-state index contributed by atoms with van der Waals surface area (Å²) in [5.74, 6) is 1.18. The molecule has 1 aliphatic carbocycles. The van der Waals surface area contributed by atoms with Crippen LogP contribution in [0.15, 0.2) is 36.4 Å². The van der Waals surface area contributed by atoms with Crippen LogP contribution in [0, 0.1) is 20.8 Å². The van der Waals surface area contributed by atoms with E-state index in [1.807, 2.05) is 0 Å². The van der Waals surface area contributed by atoms with Crippen molar-refractivity contribution in [2.45, 2.75) is 46.5 Å². The minimum Gasteiger partial charge on any atom is -0.194 e. The fourth-order valence-electron chi connectivity index (χ4n) is 4.44. The number of hydrogen-bond donors (Lipinski definition) is 0. The molecule has 1 aliphatic rings. The maximum atomic E-state index is 2.45. The van der Waals surface area contributed by atoms with Crippen LogP contribution in [0.5, 0.6) is 0 Å². The Morgan fingerprint density at radius 2 is 1.58 bits per heavy atom. The van der Waals surface area contributed by atoms with Gasteiger partial charge in [0.2, 0.25) is 11.2 Å². The van der Waals surface area contributed by atoms with Gasteiger partial charge in [-0.2, -0.15) is 4.57 Å². The van der Waals surface area contributed by atoms with E-state index in [4.69, 9.17) is 0 Å². The van der Waals surface area contributed by atoms with Crippen LogP contribution >= 0.6 is 0 Å². The first-order valence-electron chi connectivity index (χ1n) is 8.94. The van der Waals surface area contributed by atoms with Crippen molar-refractivity contribution in [3.8, 4) is 11.3 Å². The van der Waals surface area contributed by atoms with Gasteiger partial charge in [0.15, 0.2) is 0 Å². The molecule has 2 aromatic carbocycles. The molecular formula is C23H26N+. The van der Waals surface area contributed by atoms with E-state index in [1.54, 1.807) is 0 Å². The average molecular weight is 316 g/mol. The molecule has 0 bridgehead atoms. The van der Waals surface area contributed by atoms with Crippen LogP contribution in [0.3, 0.4) is 0 Å². The molecule has 2 unspecified atom stereocenters. The maximum absolute atomic E-state index is 2.45. The molecule has 0 saturated heterocycles. The Labute approximate surface area is 145 Å². The lowest BCUT2D eigenvalue weighted by molar-refractivity contribution is -0.633. The minimum absolute atomic E-state index is 0.580. The van der Waals surface area contributed by atoms with Crippen molar-refractivity contribution in [2.24, 2.45) is 7.05 Å². The highest BCUT2D eigenvalue weighted by molar-refractivity contribution is 5.89. The van der Waals surface area contributed by atoms with Crippen molar-refractivity contribution in [3.63, 3.8) is 0 Å². The van der Waals surface area contributed by atoms with Gasteiger partial charge in [-0.1, -0.05) is 37.6 Å². The fourth-order valence-corrected chi connectivity index (χ4v) is 4.44. The van der Waals surface area contributed by atoms with Crippen LogP contribution in [0.1, 0.15) is 53.5 Å². The first kappa shape index (κ1) is 15.4.